The van der Waals surface area contributed by atoms with Crippen LogP contribution in [0.2, 0.25) is 0 Å². The molecule has 5 nitrogen and oxygen atoms in total. The monoisotopic (exact) mass is 256 g/mol. The fraction of sp³-hybridized carbons (Fsp3) is 0.846. The maximum atomic E-state index is 12.2. The lowest BCUT2D eigenvalue weighted by atomic mass is 9.89. The third-order valence-electron chi connectivity index (χ3n) is 3.45. The summed E-state index contributed by atoms with van der Waals surface area (Å²) in [5.74, 6) is -0.953. The highest BCUT2D eigenvalue weighted by Crippen LogP contribution is 2.25. The van der Waals surface area contributed by atoms with Gasteiger partial charge in [0, 0.05) is 25.6 Å². The highest BCUT2D eigenvalue weighted by Gasteiger charge is 2.35. The van der Waals surface area contributed by atoms with Gasteiger partial charge >= 0.3 is 5.97 Å². The molecule has 0 aromatic carbocycles. The van der Waals surface area contributed by atoms with Gasteiger partial charge in [-0.15, -0.1) is 0 Å². The maximum absolute atomic E-state index is 12.2. The Balaban J connectivity index is 2.63. The van der Waals surface area contributed by atoms with Crippen molar-refractivity contribution >= 4 is 11.9 Å². The summed E-state index contributed by atoms with van der Waals surface area (Å²) in [7, 11) is 3.98. The van der Waals surface area contributed by atoms with Crippen LogP contribution >= 0.6 is 0 Å². The predicted molar refractivity (Wildman–Crippen MR) is 69.3 cm³/mol. The second-order valence-corrected chi connectivity index (χ2v) is 6.01. The predicted octanol–water partition coefficient (Wildman–Crippen LogP) is 1.04. The number of hydrogen-bond acceptors (Lipinski definition) is 3. The minimum atomic E-state index is -0.984. The molecule has 0 aliphatic carbocycles. The van der Waals surface area contributed by atoms with Gasteiger partial charge in [0.2, 0.25) is 5.91 Å². The van der Waals surface area contributed by atoms with Gasteiger partial charge in [-0.25, -0.2) is 0 Å². The van der Waals surface area contributed by atoms with Crippen LogP contribution in [-0.2, 0) is 9.59 Å². The minimum Gasteiger partial charge on any atom is -0.481 e. The van der Waals surface area contributed by atoms with Gasteiger partial charge in [-0.1, -0.05) is 0 Å². The third-order valence-corrected chi connectivity index (χ3v) is 3.45. The molecule has 0 aromatic heterocycles. The molecule has 1 saturated heterocycles. The molecule has 1 amide bonds. The molecule has 1 fully saturated rings. The zero-order valence-corrected chi connectivity index (χ0v) is 11.8. The second kappa shape index (κ2) is 5.69. The van der Waals surface area contributed by atoms with Crippen LogP contribution < -0.4 is 0 Å². The summed E-state index contributed by atoms with van der Waals surface area (Å²) in [4.78, 5) is 27.2. The van der Waals surface area contributed by atoms with E-state index in [1.807, 2.05) is 19.0 Å². The van der Waals surface area contributed by atoms with Crippen LogP contribution in [0.15, 0.2) is 0 Å². The minimum absolute atomic E-state index is 0.0354. The lowest BCUT2D eigenvalue weighted by molar-refractivity contribution is -0.151. The molecule has 1 unspecified atom stereocenters. The highest BCUT2D eigenvalue weighted by atomic mass is 16.4. The number of likely N-dealkylation sites (tertiary alicyclic amines) is 1. The Morgan fingerprint density at radius 1 is 1.39 bits per heavy atom. The molecule has 1 N–H and O–H groups in total. The van der Waals surface area contributed by atoms with Crippen LogP contribution in [0, 0.1) is 5.41 Å². The van der Waals surface area contributed by atoms with Crippen LogP contribution in [0.4, 0.5) is 0 Å². The van der Waals surface area contributed by atoms with Crippen LogP contribution in [-0.4, -0.2) is 60.0 Å². The van der Waals surface area contributed by atoms with Crippen LogP contribution in [0.25, 0.3) is 0 Å². The van der Waals surface area contributed by atoms with Gasteiger partial charge in [0.05, 0.1) is 5.41 Å². The number of carboxylic acid groups (broad SMARTS) is 1. The first-order chi connectivity index (χ1) is 8.24. The standard InChI is InChI=1S/C13H24N2O3/c1-13(2,12(17)18)8-11(16)15-7-5-6-10(15)9-14(3)4/h10H,5-9H2,1-4H3,(H,17,18). The third kappa shape index (κ3) is 3.70. The number of amides is 1. The number of likely N-dealkylation sites (N-methyl/N-ethyl adjacent to an activating group) is 1. The van der Waals surface area contributed by atoms with Gasteiger partial charge in [0.25, 0.3) is 0 Å². The van der Waals surface area contributed by atoms with Crippen LogP contribution in [0.3, 0.4) is 0 Å². The first kappa shape index (κ1) is 15.0. The van der Waals surface area contributed by atoms with Crippen LogP contribution in [0.5, 0.6) is 0 Å². The first-order valence-electron chi connectivity index (χ1n) is 6.41. The van der Waals surface area contributed by atoms with E-state index in [1.54, 1.807) is 13.8 Å². The number of nitrogens with zero attached hydrogens (tertiary/aromatic N) is 2. The molecule has 1 heterocycles. The Morgan fingerprint density at radius 3 is 2.50 bits per heavy atom. The fourth-order valence-corrected chi connectivity index (χ4v) is 2.33. The largest absolute Gasteiger partial charge is 0.481 e. The summed E-state index contributed by atoms with van der Waals surface area (Å²) >= 11 is 0. The Morgan fingerprint density at radius 2 is 2.00 bits per heavy atom. The lowest BCUT2D eigenvalue weighted by Crippen LogP contribution is -2.43. The normalized spacial score (nSPS) is 20.5. The first-order valence-corrected chi connectivity index (χ1v) is 6.41. The molecule has 1 aliphatic heterocycles. The Labute approximate surface area is 109 Å². The molecular weight excluding hydrogens is 232 g/mol. The summed E-state index contributed by atoms with van der Waals surface area (Å²) in [5, 5.41) is 9.07. The van der Waals surface area contributed by atoms with Crippen molar-refractivity contribution in [3.63, 3.8) is 0 Å². The number of carbonyl (C=O) groups excluding carboxylic acids is 1. The Bertz CT molecular complexity index is 326. The SMILES string of the molecule is CN(C)CC1CCCN1C(=O)CC(C)(C)C(=O)O. The van der Waals surface area contributed by atoms with E-state index in [-0.39, 0.29) is 18.4 Å². The molecule has 0 aromatic rings. The molecule has 1 rings (SSSR count). The van der Waals surface area contributed by atoms with Crippen molar-refractivity contribution in [3.8, 4) is 0 Å². The average molecular weight is 256 g/mol. The van der Waals surface area contributed by atoms with E-state index in [0.29, 0.717) is 0 Å². The number of hydrogen-bond donors (Lipinski definition) is 1. The molecule has 1 aliphatic rings. The molecule has 104 valence electrons. The summed E-state index contributed by atoms with van der Waals surface area (Å²) in [6.45, 7) is 4.81. The smallest absolute Gasteiger partial charge is 0.309 e. The van der Waals surface area contributed by atoms with Gasteiger partial charge in [-0.3, -0.25) is 9.59 Å². The maximum Gasteiger partial charge on any atom is 0.309 e. The van der Waals surface area contributed by atoms with Gasteiger partial charge in [0.1, 0.15) is 0 Å². The number of carbonyl (C=O) groups is 2. The van der Waals surface area contributed by atoms with Crippen molar-refractivity contribution in [2.45, 2.75) is 39.2 Å². The summed E-state index contributed by atoms with van der Waals surface area (Å²) in [5.41, 5.74) is -0.984. The lowest BCUT2D eigenvalue weighted by Gasteiger charge is -2.29. The topological polar surface area (TPSA) is 60.9 Å². The van der Waals surface area contributed by atoms with Gasteiger partial charge < -0.3 is 14.9 Å². The number of carboxylic acids is 1. The molecule has 18 heavy (non-hydrogen) atoms. The van der Waals surface area contributed by atoms with Crippen LogP contribution in [0.1, 0.15) is 33.1 Å². The molecule has 5 heteroatoms. The zero-order chi connectivity index (χ0) is 13.9. The molecule has 0 spiro atoms. The van der Waals surface area contributed by atoms with Crippen molar-refractivity contribution in [2.24, 2.45) is 5.41 Å². The summed E-state index contributed by atoms with van der Waals surface area (Å²) in [6, 6.07) is 0.233. The van der Waals surface area contributed by atoms with E-state index in [9.17, 15) is 9.59 Å². The highest BCUT2D eigenvalue weighted by molar-refractivity contribution is 5.84. The van der Waals surface area contributed by atoms with Gasteiger partial charge in [-0.2, -0.15) is 0 Å². The van der Waals surface area contributed by atoms with Crippen molar-refractivity contribution < 1.29 is 14.7 Å². The van der Waals surface area contributed by atoms with Crippen molar-refractivity contribution in [1.82, 2.24) is 9.80 Å². The van der Waals surface area contributed by atoms with E-state index < -0.39 is 11.4 Å². The Hall–Kier alpha value is -1.10. The summed E-state index contributed by atoms with van der Waals surface area (Å²) < 4.78 is 0. The molecular formula is C13H24N2O3. The van der Waals surface area contributed by atoms with Gasteiger partial charge in [0.15, 0.2) is 0 Å². The Kier molecular flexibility index (Phi) is 4.73. The molecule has 0 bridgehead atoms. The number of aliphatic carboxylic acids is 1. The van der Waals surface area contributed by atoms with E-state index >= 15 is 0 Å². The van der Waals surface area contributed by atoms with Crippen molar-refractivity contribution in [3.05, 3.63) is 0 Å². The van der Waals surface area contributed by atoms with E-state index in [1.165, 1.54) is 0 Å². The quantitative estimate of drug-likeness (QED) is 0.798. The van der Waals surface area contributed by atoms with E-state index in [2.05, 4.69) is 4.90 Å². The fourth-order valence-electron chi connectivity index (χ4n) is 2.33. The van der Waals surface area contributed by atoms with Crippen molar-refractivity contribution in [2.75, 3.05) is 27.2 Å². The molecule has 0 saturated carbocycles. The van der Waals surface area contributed by atoms with E-state index in [0.717, 1.165) is 25.9 Å². The molecule has 1 atom stereocenters. The average Bonchev–Trinajstić information content (AvgIpc) is 2.63. The second-order valence-electron chi connectivity index (χ2n) is 6.01. The summed E-state index contributed by atoms with van der Waals surface area (Å²) in [6.07, 6.45) is 2.10. The van der Waals surface area contributed by atoms with Gasteiger partial charge in [-0.05, 0) is 40.8 Å². The zero-order valence-electron chi connectivity index (χ0n) is 11.8. The van der Waals surface area contributed by atoms with Crippen molar-refractivity contribution in [1.29, 1.82) is 0 Å². The van der Waals surface area contributed by atoms with E-state index in [4.69, 9.17) is 5.11 Å². The molecule has 0 radical (unpaired) electrons. The number of rotatable bonds is 5.